The lowest BCUT2D eigenvalue weighted by Crippen LogP contribution is -2.15. The number of ether oxygens (including phenoxy) is 2. The number of nitrogens with zero attached hydrogens (tertiary/aromatic N) is 3. The third-order valence-corrected chi connectivity index (χ3v) is 3.21. The van der Waals surface area contributed by atoms with E-state index in [2.05, 4.69) is 10.1 Å². The molecule has 0 amide bonds. The number of carbonyl (C=O) groups excluding carboxylic acids is 1. The van der Waals surface area contributed by atoms with Gasteiger partial charge in [0.1, 0.15) is 0 Å². The summed E-state index contributed by atoms with van der Waals surface area (Å²) < 4.78 is 39.0. The number of rotatable bonds is 3. The van der Waals surface area contributed by atoms with Gasteiger partial charge in [-0.15, -0.1) is 0 Å². The highest BCUT2D eigenvalue weighted by Gasteiger charge is 2.30. The zero-order valence-electron chi connectivity index (χ0n) is 11.8. The molecule has 3 heterocycles. The average Bonchev–Trinajstić information content (AvgIpc) is 2.87. The number of esters is 1. The van der Waals surface area contributed by atoms with Gasteiger partial charge in [0.05, 0.1) is 18.8 Å². The lowest BCUT2D eigenvalue weighted by atomic mass is 10.1. The third kappa shape index (κ3) is 2.40. The maximum Gasteiger partial charge on any atom is 0.359 e. The third-order valence-electron chi connectivity index (χ3n) is 3.21. The zero-order chi connectivity index (χ0) is 15.7. The van der Waals surface area contributed by atoms with E-state index in [-0.39, 0.29) is 29.3 Å². The summed E-state index contributed by atoms with van der Waals surface area (Å²) in [5.74, 6) is -2.40. The molecule has 0 radical (unpaired) electrons. The summed E-state index contributed by atoms with van der Waals surface area (Å²) >= 11 is 0. The number of carbonyl (C=O) groups is 1. The molecule has 0 bridgehead atoms. The van der Waals surface area contributed by atoms with Gasteiger partial charge in [0.2, 0.25) is 17.8 Å². The quantitative estimate of drug-likeness (QED) is 0.642. The van der Waals surface area contributed by atoms with Crippen molar-refractivity contribution < 1.29 is 23.0 Å². The molecule has 0 saturated carbocycles. The molecular formula is C14H13F2N3O3. The molecule has 2 aromatic heterocycles. The number of fused-ring (bicyclic) bond motifs is 1. The van der Waals surface area contributed by atoms with Gasteiger partial charge in [-0.1, -0.05) is 0 Å². The molecule has 1 aliphatic heterocycles. The number of aryl methyl sites for hydroxylation is 1. The Morgan fingerprint density at radius 3 is 3.00 bits per heavy atom. The van der Waals surface area contributed by atoms with Crippen molar-refractivity contribution in [1.29, 1.82) is 0 Å². The molecule has 3 rings (SSSR count). The minimum absolute atomic E-state index is 0.0485. The summed E-state index contributed by atoms with van der Waals surface area (Å²) in [5, 5.41) is 4.14. The van der Waals surface area contributed by atoms with E-state index in [0.29, 0.717) is 13.2 Å². The molecule has 2 aromatic rings. The van der Waals surface area contributed by atoms with E-state index in [1.54, 1.807) is 6.92 Å². The first-order valence-corrected chi connectivity index (χ1v) is 6.85. The fourth-order valence-electron chi connectivity index (χ4n) is 2.31. The van der Waals surface area contributed by atoms with Gasteiger partial charge in [-0.25, -0.2) is 9.48 Å². The summed E-state index contributed by atoms with van der Waals surface area (Å²) in [6, 6.07) is 2.22. The number of halogens is 2. The van der Waals surface area contributed by atoms with Gasteiger partial charge in [0.25, 0.3) is 0 Å². The number of hydrogen-bond acceptors (Lipinski definition) is 5. The smallest absolute Gasteiger partial charge is 0.359 e. The Hall–Kier alpha value is -2.51. The highest BCUT2D eigenvalue weighted by molar-refractivity contribution is 5.97. The number of pyridine rings is 1. The first-order chi connectivity index (χ1) is 10.6. The number of aromatic nitrogens is 3. The summed E-state index contributed by atoms with van der Waals surface area (Å²) in [5.41, 5.74) is 0.0295. The van der Waals surface area contributed by atoms with Crippen LogP contribution in [0.25, 0.3) is 11.1 Å². The maximum atomic E-state index is 14.0. The molecule has 0 atom stereocenters. The van der Waals surface area contributed by atoms with Gasteiger partial charge < -0.3 is 9.47 Å². The molecule has 6 nitrogen and oxygen atoms in total. The van der Waals surface area contributed by atoms with Crippen molar-refractivity contribution in [3.8, 4) is 17.0 Å². The SMILES string of the molecule is CCOC(=O)c1nn2c(c1-c1ccc(F)nc1F)OCCC2. The average molecular weight is 309 g/mol. The highest BCUT2D eigenvalue weighted by Crippen LogP contribution is 2.36. The Labute approximate surface area is 124 Å². The molecule has 22 heavy (non-hydrogen) atoms. The van der Waals surface area contributed by atoms with E-state index in [9.17, 15) is 13.6 Å². The lowest BCUT2D eigenvalue weighted by Gasteiger charge is -2.16. The van der Waals surface area contributed by atoms with Crippen LogP contribution in [0.1, 0.15) is 23.8 Å². The molecule has 8 heteroatoms. The van der Waals surface area contributed by atoms with E-state index in [4.69, 9.17) is 9.47 Å². The largest absolute Gasteiger partial charge is 0.477 e. The summed E-state index contributed by atoms with van der Waals surface area (Å²) in [6.07, 6.45) is 0.723. The Balaban J connectivity index is 2.19. The fourth-order valence-corrected chi connectivity index (χ4v) is 2.31. The van der Waals surface area contributed by atoms with Crippen LogP contribution in [-0.2, 0) is 11.3 Å². The van der Waals surface area contributed by atoms with Crippen molar-refractivity contribution >= 4 is 5.97 Å². The van der Waals surface area contributed by atoms with Crippen molar-refractivity contribution in [2.24, 2.45) is 0 Å². The molecule has 0 unspecified atom stereocenters. The van der Waals surface area contributed by atoms with Crippen LogP contribution in [0.3, 0.4) is 0 Å². The topological polar surface area (TPSA) is 66.2 Å². The maximum absolute atomic E-state index is 14.0. The Bertz CT molecular complexity index is 730. The summed E-state index contributed by atoms with van der Waals surface area (Å²) in [6.45, 7) is 2.78. The van der Waals surface area contributed by atoms with Crippen LogP contribution in [0.2, 0.25) is 0 Å². The van der Waals surface area contributed by atoms with Gasteiger partial charge in [-0.05, 0) is 19.1 Å². The monoisotopic (exact) mass is 309 g/mol. The van der Waals surface area contributed by atoms with E-state index in [1.165, 1.54) is 10.7 Å². The second-order valence-electron chi connectivity index (χ2n) is 4.65. The Kier molecular flexibility index (Phi) is 3.74. The van der Waals surface area contributed by atoms with Crippen molar-refractivity contribution in [1.82, 2.24) is 14.8 Å². The van der Waals surface area contributed by atoms with E-state index in [1.807, 2.05) is 0 Å². The van der Waals surface area contributed by atoms with Crippen LogP contribution >= 0.6 is 0 Å². The molecule has 1 aliphatic rings. The first-order valence-electron chi connectivity index (χ1n) is 6.85. The molecular weight excluding hydrogens is 296 g/mol. The molecule has 0 aromatic carbocycles. The van der Waals surface area contributed by atoms with Crippen LogP contribution in [-0.4, -0.2) is 33.9 Å². The molecule has 0 spiro atoms. The van der Waals surface area contributed by atoms with Crippen LogP contribution in [0.4, 0.5) is 8.78 Å². The van der Waals surface area contributed by atoms with Crippen molar-refractivity contribution in [3.05, 3.63) is 29.7 Å². The number of hydrogen-bond donors (Lipinski definition) is 0. The van der Waals surface area contributed by atoms with Gasteiger partial charge >= 0.3 is 5.97 Å². The van der Waals surface area contributed by atoms with Crippen LogP contribution < -0.4 is 4.74 Å². The van der Waals surface area contributed by atoms with Crippen LogP contribution in [0, 0.1) is 11.9 Å². The van der Waals surface area contributed by atoms with E-state index >= 15 is 0 Å². The first kappa shape index (κ1) is 14.4. The lowest BCUT2D eigenvalue weighted by molar-refractivity contribution is 0.0519. The predicted octanol–water partition coefficient (Wildman–Crippen LogP) is 2.18. The van der Waals surface area contributed by atoms with Gasteiger partial charge in [-0.2, -0.15) is 18.9 Å². The van der Waals surface area contributed by atoms with Gasteiger partial charge in [-0.3, -0.25) is 0 Å². The van der Waals surface area contributed by atoms with Gasteiger partial charge in [0, 0.05) is 18.5 Å². The summed E-state index contributed by atoms with van der Waals surface area (Å²) in [4.78, 5) is 15.2. The van der Waals surface area contributed by atoms with Crippen molar-refractivity contribution in [2.45, 2.75) is 19.9 Å². The van der Waals surface area contributed by atoms with Crippen LogP contribution in [0.15, 0.2) is 12.1 Å². The molecule has 116 valence electrons. The molecule has 0 fully saturated rings. The second-order valence-corrected chi connectivity index (χ2v) is 4.65. The predicted molar refractivity (Wildman–Crippen MR) is 71.4 cm³/mol. The molecule has 0 N–H and O–H groups in total. The Morgan fingerprint density at radius 1 is 1.45 bits per heavy atom. The van der Waals surface area contributed by atoms with Crippen LogP contribution in [0.5, 0.6) is 5.88 Å². The molecule has 0 aliphatic carbocycles. The molecule has 0 saturated heterocycles. The normalized spacial score (nSPS) is 13.4. The Morgan fingerprint density at radius 2 is 2.27 bits per heavy atom. The van der Waals surface area contributed by atoms with E-state index < -0.39 is 17.9 Å². The minimum atomic E-state index is -1.03. The highest BCUT2D eigenvalue weighted by atomic mass is 19.1. The standard InChI is InChI=1S/C14H13F2N3O3/c1-2-21-14(20)11-10(8-4-5-9(15)17-12(8)16)13-19(18-11)6-3-7-22-13/h4-5H,2-3,6-7H2,1H3. The second kappa shape index (κ2) is 5.70. The van der Waals surface area contributed by atoms with Crippen molar-refractivity contribution in [3.63, 3.8) is 0 Å². The van der Waals surface area contributed by atoms with Gasteiger partial charge in [0.15, 0.2) is 5.69 Å². The minimum Gasteiger partial charge on any atom is -0.477 e. The fraction of sp³-hybridized carbons (Fsp3) is 0.357. The van der Waals surface area contributed by atoms with E-state index in [0.717, 1.165) is 12.5 Å². The zero-order valence-corrected chi connectivity index (χ0v) is 11.8. The summed E-state index contributed by atoms with van der Waals surface area (Å²) in [7, 11) is 0. The van der Waals surface area contributed by atoms with Crippen molar-refractivity contribution in [2.75, 3.05) is 13.2 Å².